The smallest absolute Gasteiger partial charge is 0.249 e. The van der Waals surface area contributed by atoms with E-state index < -0.39 is 10.0 Å². The number of nitrogens with zero attached hydrogens (tertiary/aromatic N) is 1. The standard InChI is InChI=1S/C8H13N3O2S3/c1-2-4-14-5-3-10-8-11-6-7(15-8)16(9,12)13/h2,6H,1,3-5H2,(H,10,11)(H2,9,12,13). The van der Waals surface area contributed by atoms with Crippen molar-refractivity contribution in [2.24, 2.45) is 5.14 Å². The lowest BCUT2D eigenvalue weighted by atomic mass is 10.7. The highest BCUT2D eigenvalue weighted by molar-refractivity contribution is 7.99. The second-order valence-electron chi connectivity index (χ2n) is 2.82. The zero-order valence-corrected chi connectivity index (χ0v) is 11.0. The van der Waals surface area contributed by atoms with Crippen molar-refractivity contribution in [3.05, 3.63) is 18.9 Å². The van der Waals surface area contributed by atoms with Gasteiger partial charge in [-0.2, -0.15) is 11.8 Å². The van der Waals surface area contributed by atoms with Crippen molar-refractivity contribution >= 4 is 38.3 Å². The molecular weight excluding hydrogens is 266 g/mol. The maximum absolute atomic E-state index is 11.0. The van der Waals surface area contributed by atoms with Crippen LogP contribution in [0.1, 0.15) is 0 Å². The monoisotopic (exact) mass is 279 g/mol. The summed E-state index contributed by atoms with van der Waals surface area (Å²) in [5.74, 6) is 1.82. The number of rotatable bonds is 7. The van der Waals surface area contributed by atoms with Crippen LogP contribution < -0.4 is 10.5 Å². The average Bonchev–Trinajstić information content (AvgIpc) is 2.65. The molecule has 0 aromatic carbocycles. The zero-order chi connectivity index (χ0) is 12.0. The Morgan fingerprint density at radius 1 is 1.69 bits per heavy atom. The van der Waals surface area contributed by atoms with Crippen LogP contribution in [0.25, 0.3) is 0 Å². The minimum atomic E-state index is -3.62. The number of sulfonamides is 1. The van der Waals surface area contributed by atoms with E-state index in [9.17, 15) is 8.42 Å². The Kier molecular flexibility index (Phi) is 5.26. The number of primary sulfonamides is 1. The first kappa shape index (κ1) is 13.5. The van der Waals surface area contributed by atoms with Crippen molar-refractivity contribution in [2.75, 3.05) is 23.4 Å². The number of nitrogens with two attached hydrogens (primary N) is 1. The van der Waals surface area contributed by atoms with Gasteiger partial charge in [-0.05, 0) is 0 Å². The highest BCUT2D eigenvalue weighted by atomic mass is 32.2. The van der Waals surface area contributed by atoms with Gasteiger partial charge in [-0.3, -0.25) is 0 Å². The van der Waals surface area contributed by atoms with Gasteiger partial charge in [-0.15, -0.1) is 6.58 Å². The Morgan fingerprint density at radius 2 is 2.44 bits per heavy atom. The number of thioether (sulfide) groups is 1. The molecule has 1 heterocycles. The Bertz CT molecular complexity index is 441. The van der Waals surface area contributed by atoms with Crippen LogP contribution in [0, 0.1) is 0 Å². The lowest BCUT2D eigenvalue weighted by Gasteiger charge is -2.00. The van der Waals surface area contributed by atoms with Gasteiger partial charge in [0.15, 0.2) is 9.34 Å². The van der Waals surface area contributed by atoms with E-state index in [0.29, 0.717) is 5.13 Å². The maximum atomic E-state index is 11.0. The van der Waals surface area contributed by atoms with E-state index in [4.69, 9.17) is 5.14 Å². The predicted octanol–water partition coefficient (Wildman–Crippen LogP) is 1.12. The molecular formula is C8H13N3O2S3. The average molecular weight is 279 g/mol. The summed E-state index contributed by atoms with van der Waals surface area (Å²) in [6.07, 6.45) is 3.10. The molecule has 0 bridgehead atoms. The molecule has 5 nitrogen and oxygen atoms in total. The third kappa shape index (κ3) is 4.52. The molecule has 0 aliphatic heterocycles. The van der Waals surface area contributed by atoms with Crippen molar-refractivity contribution in [1.29, 1.82) is 0 Å². The topological polar surface area (TPSA) is 85.1 Å². The SMILES string of the molecule is C=CCSCCNc1ncc(S(N)(=O)=O)s1. The third-order valence-electron chi connectivity index (χ3n) is 1.52. The van der Waals surface area contributed by atoms with E-state index in [2.05, 4.69) is 16.9 Å². The molecule has 16 heavy (non-hydrogen) atoms. The summed E-state index contributed by atoms with van der Waals surface area (Å²) in [5.41, 5.74) is 0. The van der Waals surface area contributed by atoms with Gasteiger partial charge < -0.3 is 5.32 Å². The quantitative estimate of drug-likeness (QED) is 0.577. The molecule has 3 N–H and O–H groups in total. The lowest BCUT2D eigenvalue weighted by Crippen LogP contribution is -2.09. The summed E-state index contributed by atoms with van der Waals surface area (Å²) in [4.78, 5) is 3.92. The fraction of sp³-hybridized carbons (Fsp3) is 0.375. The molecule has 0 unspecified atom stereocenters. The van der Waals surface area contributed by atoms with E-state index in [1.54, 1.807) is 11.8 Å². The number of hydrogen-bond donors (Lipinski definition) is 2. The molecule has 0 amide bonds. The van der Waals surface area contributed by atoms with Gasteiger partial charge in [0.05, 0.1) is 6.20 Å². The van der Waals surface area contributed by atoms with Gasteiger partial charge in [0.1, 0.15) is 0 Å². The number of nitrogens with one attached hydrogen (secondary N) is 1. The lowest BCUT2D eigenvalue weighted by molar-refractivity contribution is 0.599. The molecule has 0 spiro atoms. The summed E-state index contributed by atoms with van der Waals surface area (Å²) in [6.45, 7) is 4.35. The molecule has 8 heteroatoms. The maximum Gasteiger partial charge on any atom is 0.249 e. The molecule has 1 aromatic rings. The predicted molar refractivity (Wildman–Crippen MR) is 69.5 cm³/mol. The summed E-state index contributed by atoms with van der Waals surface area (Å²) in [7, 11) is -3.62. The Hall–Kier alpha value is -0.570. The highest BCUT2D eigenvalue weighted by Crippen LogP contribution is 2.21. The van der Waals surface area contributed by atoms with Crippen LogP contribution in [0.2, 0.25) is 0 Å². The first-order valence-corrected chi connectivity index (χ1v) is 7.97. The van der Waals surface area contributed by atoms with E-state index >= 15 is 0 Å². The second-order valence-corrected chi connectivity index (χ2v) is 6.79. The minimum absolute atomic E-state index is 0.0775. The van der Waals surface area contributed by atoms with Crippen molar-refractivity contribution in [3.8, 4) is 0 Å². The van der Waals surface area contributed by atoms with E-state index in [1.165, 1.54) is 6.20 Å². The number of anilines is 1. The summed E-state index contributed by atoms with van der Waals surface area (Å²) in [6, 6.07) is 0. The van der Waals surface area contributed by atoms with Gasteiger partial charge in [0, 0.05) is 18.1 Å². The van der Waals surface area contributed by atoms with Crippen molar-refractivity contribution in [1.82, 2.24) is 4.98 Å². The molecule has 0 atom stereocenters. The van der Waals surface area contributed by atoms with Crippen LogP contribution in [0.4, 0.5) is 5.13 Å². The molecule has 0 aliphatic carbocycles. The first-order valence-electron chi connectivity index (χ1n) is 4.45. The van der Waals surface area contributed by atoms with Gasteiger partial charge in [-0.1, -0.05) is 17.4 Å². The summed E-state index contributed by atoms with van der Waals surface area (Å²) >= 11 is 2.78. The van der Waals surface area contributed by atoms with Crippen LogP contribution in [0.3, 0.4) is 0 Å². The Balaban J connectivity index is 2.38. The molecule has 0 fully saturated rings. The Labute approximate surface area is 103 Å². The number of aromatic nitrogens is 1. The fourth-order valence-corrected chi connectivity index (χ4v) is 2.93. The minimum Gasteiger partial charge on any atom is -0.361 e. The van der Waals surface area contributed by atoms with E-state index in [1.807, 2.05) is 6.08 Å². The Morgan fingerprint density at radius 3 is 3.00 bits per heavy atom. The van der Waals surface area contributed by atoms with Crippen LogP contribution in [0.15, 0.2) is 23.1 Å². The zero-order valence-electron chi connectivity index (χ0n) is 8.55. The second kappa shape index (κ2) is 6.24. The third-order valence-corrected chi connectivity index (χ3v) is 4.85. The van der Waals surface area contributed by atoms with Crippen LogP contribution in [-0.4, -0.2) is 31.5 Å². The van der Waals surface area contributed by atoms with Crippen molar-refractivity contribution in [3.63, 3.8) is 0 Å². The summed E-state index contributed by atoms with van der Waals surface area (Å²) in [5, 5.41) is 8.56. The molecule has 0 radical (unpaired) electrons. The number of hydrogen-bond acceptors (Lipinski definition) is 6. The highest BCUT2D eigenvalue weighted by Gasteiger charge is 2.11. The molecule has 1 rings (SSSR count). The first-order chi connectivity index (χ1) is 7.54. The molecule has 1 aromatic heterocycles. The van der Waals surface area contributed by atoms with Gasteiger partial charge in [0.25, 0.3) is 0 Å². The molecule has 0 aliphatic rings. The van der Waals surface area contributed by atoms with Crippen LogP contribution in [-0.2, 0) is 10.0 Å². The molecule has 90 valence electrons. The number of thiazole rings is 1. The summed E-state index contributed by atoms with van der Waals surface area (Å²) < 4.78 is 22.0. The van der Waals surface area contributed by atoms with Gasteiger partial charge in [-0.25, -0.2) is 18.5 Å². The van der Waals surface area contributed by atoms with Gasteiger partial charge in [0.2, 0.25) is 10.0 Å². The van der Waals surface area contributed by atoms with Crippen molar-refractivity contribution in [2.45, 2.75) is 4.21 Å². The van der Waals surface area contributed by atoms with Crippen LogP contribution in [0.5, 0.6) is 0 Å². The normalized spacial score (nSPS) is 11.3. The molecule has 0 saturated heterocycles. The van der Waals surface area contributed by atoms with Crippen molar-refractivity contribution < 1.29 is 8.42 Å². The largest absolute Gasteiger partial charge is 0.361 e. The van der Waals surface area contributed by atoms with E-state index in [0.717, 1.165) is 29.4 Å². The molecule has 0 saturated carbocycles. The fourth-order valence-electron chi connectivity index (χ4n) is 0.869. The van der Waals surface area contributed by atoms with Crippen LogP contribution >= 0.6 is 23.1 Å². The van der Waals surface area contributed by atoms with E-state index in [-0.39, 0.29) is 4.21 Å². The van der Waals surface area contributed by atoms with Gasteiger partial charge >= 0.3 is 0 Å².